The second kappa shape index (κ2) is 4.46. The molecular formula is C12H21N3O2. The molecule has 3 fully saturated rings. The van der Waals surface area contributed by atoms with Crippen molar-refractivity contribution in [3.05, 3.63) is 0 Å². The number of morpholine rings is 1. The van der Waals surface area contributed by atoms with Crippen LogP contribution in [0.2, 0.25) is 0 Å². The Labute approximate surface area is 102 Å². The van der Waals surface area contributed by atoms with E-state index in [2.05, 4.69) is 16.8 Å². The van der Waals surface area contributed by atoms with Crippen LogP contribution >= 0.6 is 0 Å². The van der Waals surface area contributed by atoms with Crippen LogP contribution in [0.1, 0.15) is 12.8 Å². The third-order valence-corrected chi connectivity index (χ3v) is 4.17. The summed E-state index contributed by atoms with van der Waals surface area (Å²) in [5.74, 6) is 0. The molecule has 0 aromatic carbocycles. The van der Waals surface area contributed by atoms with Crippen molar-refractivity contribution >= 4 is 6.03 Å². The number of likely N-dealkylation sites (N-methyl/N-ethyl adjacent to an activating group) is 1. The number of nitrogens with zero attached hydrogens (tertiary/aromatic N) is 3. The molecule has 5 heteroatoms. The van der Waals surface area contributed by atoms with Gasteiger partial charge in [0, 0.05) is 38.3 Å². The normalized spacial score (nSPS) is 34.2. The predicted octanol–water partition coefficient (Wildman–Crippen LogP) is 0.217. The number of fused-ring (bicyclic) bond motifs is 2. The lowest BCUT2D eigenvalue weighted by atomic mass is 10.2. The van der Waals surface area contributed by atoms with Crippen molar-refractivity contribution in [3.63, 3.8) is 0 Å². The zero-order chi connectivity index (χ0) is 11.8. The Hall–Kier alpha value is -0.810. The number of hydrogen-bond acceptors (Lipinski definition) is 3. The van der Waals surface area contributed by atoms with Crippen molar-refractivity contribution in [2.45, 2.75) is 24.9 Å². The van der Waals surface area contributed by atoms with Gasteiger partial charge < -0.3 is 19.4 Å². The first-order valence-corrected chi connectivity index (χ1v) is 6.59. The highest BCUT2D eigenvalue weighted by molar-refractivity contribution is 5.76. The van der Waals surface area contributed by atoms with Crippen LogP contribution in [0.25, 0.3) is 0 Å². The fourth-order valence-corrected chi connectivity index (χ4v) is 3.34. The Morgan fingerprint density at radius 3 is 2.29 bits per heavy atom. The maximum atomic E-state index is 12.5. The third-order valence-electron chi connectivity index (χ3n) is 4.17. The predicted molar refractivity (Wildman–Crippen MR) is 63.9 cm³/mol. The third kappa shape index (κ3) is 2.02. The maximum Gasteiger partial charge on any atom is 0.320 e. The van der Waals surface area contributed by atoms with Crippen molar-refractivity contribution in [1.29, 1.82) is 0 Å². The number of rotatable bonds is 0. The molecule has 0 radical (unpaired) electrons. The van der Waals surface area contributed by atoms with Gasteiger partial charge in [-0.05, 0) is 19.9 Å². The van der Waals surface area contributed by atoms with Crippen LogP contribution in [0, 0.1) is 0 Å². The molecule has 0 spiro atoms. The summed E-state index contributed by atoms with van der Waals surface area (Å²) in [4.78, 5) is 19.0. The first-order valence-electron chi connectivity index (χ1n) is 6.59. The van der Waals surface area contributed by atoms with Gasteiger partial charge in [-0.15, -0.1) is 0 Å². The molecule has 0 N–H and O–H groups in total. The van der Waals surface area contributed by atoms with E-state index in [0.29, 0.717) is 25.3 Å². The van der Waals surface area contributed by atoms with Crippen LogP contribution in [0.4, 0.5) is 4.79 Å². The number of likely N-dealkylation sites (tertiary alicyclic amines) is 1. The quantitative estimate of drug-likeness (QED) is 0.606. The van der Waals surface area contributed by atoms with Gasteiger partial charge in [0.15, 0.2) is 0 Å². The summed E-state index contributed by atoms with van der Waals surface area (Å²) >= 11 is 0. The lowest BCUT2D eigenvalue weighted by Crippen LogP contribution is -2.59. The molecule has 5 nitrogen and oxygen atoms in total. The van der Waals surface area contributed by atoms with Crippen LogP contribution in [-0.2, 0) is 4.74 Å². The maximum absolute atomic E-state index is 12.5. The van der Waals surface area contributed by atoms with Gasteiger partial charge in [0.1, 0.15) is 0 Å². The topological polar surface area (TPSA) is 36.0 Å². The van der Waals surface area contributed by atoms with Crippen molar-refractivity contribution in [2.75, 3.05) is 46.4 Å². The molecule has 3 saturated heterocycles. The molecule has 0 aliphatic carbocycles. The van der Waals surface area contributed by atoms with Crippen LogP contribution in [0.3, 0.4) is 0 Å². The first kappa shape index (κ1) is 11.3. The zero-order valence-electron chi connectivity index (χ0n) is 10.5. The number of amides is 2. The van der Waals surface area contributed by atoms with Crippen molar-refractivity contribution in [2.24, 2.45) is 0 Å². The molecule has 17 heavy (non-hydrogen) atoms. The molecule has 2 unspecified atom stereocenters. The van der Waals surface area contributed by atoms with E-state index >= 15 is 0 Å². The minimum atomic E-state index is 0.244. The molecule has 0 aromatic heterocycles. The average Bonchev–Trinajstić information content (AvgIpc) is 2.62. The summed E-state index contributed by atoms with van der Waals surface area (Å²) in [6.45, 7) is 4.96. The summed E-state index contributed by atoms with van der Waals surface area (Å²) in [6, 6.07) is 1.12. The molecular weight excluding hydrogens is 218 g/mol. The largest absolute Gasteiger partial charge is 0.378 e. The van der Waals surface area contributed by atoms with Crippen LogP contribution < -0.4 is 0 Å². The highest BCUT2D eigenvalue weighted by Gasteiger charge is 2.43. The minimum absolute atomic E-state index is 0.244. The molecule has 0 aromatic rings. The molecule has 96 valence electrons. The van der Waals surface area contributed by atoms with Crippen molar-refractivity contribution < 1.29 is 9.53 Å². The van der Waals surface area contributed by atoms with Gasteiger partial charge in [0.05, 0.1) is 13.2 Å². The lowest BCUT2D eigenvalue weighted by molar-refractivity contribution is 0.0277. The van der Waals surface area contributed by atoms with Gasteiger partial charge in [0.25, 0.3) is 0 Å². The van der Waals surface area contributed by atoms with Crippen molar-refractivity contribution in [1.82, 2.24) is 14.7 Å². The smallest absolute Gasteiger partial charge is 0.320 e. The Kier molecular flexibility index (Phi) is 2.96. The van der Waals surface area contributed by atoms with Crippen LogP contribution in [0.5, 0.6) is 0 Å². The molecule has 3 rings (SSSR count). The Morgan fingerprint density at radius 2 is 1.71 bits per heavy atom. The van der Waals surface area contributed by atoms with E-state index in [-0.39, 0.29) is 6.03 Å². The van der Waals surface area contributed by atoms with Gasteiger partial charge in [-0.3, -0.25) is 0 Å². The monoisotopic (exact) mass is 239 g/mol. The summed E-state index contributed by atoms with van der Waals surface area (Å²) in [6.07, 6.45) is 2.34. The summed E-state index contributed by atoms with van der Waals surface area (Å²) < 4.78 is 5.30. The Bertz CT molecular complexity index is 290. The molecule has 2 amide bonds. The Morgan fingerprint density at radius 1 is 1.12 bits per heavy atom. The number of ether oxygens (including phenoxy) is 1. The number of urea groups is 1. The lowest BCUT2D eigenvalue weighted by Gasteiger charge is -2.42. The molecule has 3 aliphatic rings. The van der Waals surface area contributed by atoms with E-state index < -0.39 is 0 Å². The summed E-state index contributed by atoms with van der Waals surface area (Å²) in [5, 5.41) is 0. The molecule has 0 saturated carbocycles. The molecule has 2 bridgehead atoms. The molecule has 3 aliphatic heterocycles. The van der Waals surface area contributed by atoms with Gasteiger partial charge in [-0.1, -0.05) is 0 Å². The summed E-state index contributed by atoms with van der Waals surface area (Å²) in [7, 11) is 2.15. The number of carbonyl (C=O) groups excluding carboxylic acids is 1. The van der Waals surface area contributed by atoms with Crippen molar-refractivity contribution in [3.8, 4) is 0 Å². The fourth-order valence-electron chi connectivity index (χ4n) is 3.34. The fraction of sp³-hybridized carbons (Fsp3) is 0.917. The van der Waals surface area contributed by atoms with Crippen LogP contribution in [0.15, 0.2) is 0 Å². The number of carbonyl (C=O) groups is 1. The Balaban J connectivity index is 1.69. The second-order valence-electron chi connectivity index (χ2n) is 5.40. The SMILES string of the molecule is CN1CC2CCC(C1)N2C(=O)N1CCOCC1. The highest BCUT2D eigenvalue weighted by atomic mass is 16.5. The number of hydrogen-bond donors (Lipinski definition) is 0. The second-order valence-corrected chi connectivity index (χ2v) is 5.40. The van der Waals surface area contributed by atoms with Crippen LogP contribution in [-0.4, -0.2) is 79.3 Å². The highest BCUT2D eigenvalue weighted by Crippen LogP contribution is 2.30. The standard InChI is InChI=1S/C12H21N3O2/c1-13-8-10-2-3-11(9-13)15(10)12(16)14-4-6-17-7-5-14/h10-11H,2-9H2,1H3. The van der Waals surface area contributed by atoms with E-state index in [9.17, 15) is 4.79 Å². The molecule has 3 heterocycles. The van der Waals surface area contributed by atoms with E-state index in [1.54, 1.807) is 0 Å². The first-order chi connectivity index (χ1) is 8.25. The van der Waals surface area contributed by atoms with E-state index in [1.165, 1.54) is 12.8 Å². The van der Waals surface area contributed by atoms with E-state index in [1.807, 2.05) is 4.90 Å². The average molecular weight is 239 g/mol. The minimum Gasteiger partial charge on any atom is -0.378 e. The van der Waals surface area contributed by atoms with E-state index in [4.69, 9.17) is 4.74 Å². The number of piperazine rings is 1. The van der Waals surface area contributed by atoms with Gasteiger partial charge >= 0.3 is 6.03 Å². The zero-order valence-corrected chi connectivity index (χ0v) is 10.5. The summed E-state index contributed by atoms with van der Waals surface area (Å²) in [5.41, 5.74) is 0. The van der Waals surface area contributed by atoms with E-state index in [0.717, 1.165) is 26.2 Å². The van der Waals surface area contributed by atoms with Gasteiger partial charge in [0.2, 0.25) is 0 Å². The van der Waals surface area contributed by atoms with Gasteiger partial charge in [-0.25, -0.2) is 4.79 Å². The molecule has 2 atom stereocenters. The van der Waals surface area contributed by atoms with Gasteiger partial charge in [-0.2, -0.15) is 0 Å².